The molecule has 0 aliphatic rings. The number of halogens is 2. The van der Waals surface area contributed by atoms with Gasteiger partial charge in [0.05, 0.1) is 16.6 Å². The van der Waals surface area contributed by atoms with Gasteiger partial charge in [-0.2, -0.15) is 5.10 Å². The number of benzene rings is 1. The zero-order valence-corrected chi connectivity index (χ0v) is 19.3. The van der Waals surface area contributed by atoms with Gasteiger partial charge in [-0.25, -0.2) is 9.67 Å². The Morgan fingerprint density at radius 1 is 1.25 bits per heavy atom. The summed E-state index contributed by atoms with van der Waals surface area (Å²) in [5.41, 5.74) is 2.10. The summed E-state index contributed by atoms with van der Waals surface area (Å²) in [7, 11) is 0. The van der Waals surface area contributed by atoms with Crippen molar-refractivity contribution in [2.45, 2.75) is 19.6 Å². The molecule has 1 unspecified atom stereocenters. The number of aliphatic hydroxyl groups is 1. The molecule has 9 heteroatoms. The summed E-state index contributed by atoms with van der Waals surface area (Å²) in [5.74, 6) is 0.662. The van der Waals surface area contributed by atoms with E-state index < -0.39 is 6.10 Å². The number of thiophene rings is 1. The Morgan fingerprint density at radius 2 is 2.04 bits per heavy atom. The number of hydrogen-bond acceptors (Lipinski definition) is 4. The topological polar surface area (TPSA) is 74.5 Å². The van der Waals surface area contributed by atoms with Crippen LogP contribution in [0.4, 0.5) is 0 Å². The van der Waals surface area contributed by atoms with Gasteiger partial charge < -0.3 is 15.7 Å². The van der Waals surface area contributed by atoms with E-state index in [0.717, 1.165) is 22.7 Å². The maximum Gasteiger partial charge on any atom is 0.191 e. The van der Waals surface area contributed by atoms with Crippen molar-refractivity contribution in [1.82, 2.24) is 20.4 Å². The number of aliphatic imine (C=N–C) groups is 1. The smallest absolute Gasteiger partial charge is 0.191 e. The Labute approximate surface area is 190 Å². The van der Waals surface area contributed by atoms with Crippen LogP contribution >= 0.6 is 46.9 Å². The van der Waals surface area contributed by atoms with Crippen LogP contribution in [0, 0.1) is 0 Å². The molecule has 0 saturated heterocycles. The second-order valence-corrected chi connectivity index (χ2v) is 7.60. The number of aliphatic hydroxyl groups excluding tert-OH is 1. The molecule has 3 rings (SSSR count). The fourth-order valence-corrected chi connectivity index (χ4v) is 3.54. The van der Waals surface area contributed by atoms with Crippen LogP contribution in [0.15, 0.2) is 59.9 Å². The molecule has 1 aromatic carbocycles. The van der Waals surface area contributed by atoms with E-state index in [1.165, 1.54) is 11.3 Å². The van der Waals surface area contributed by atoms with Gasteiger partial charge in [0.1, 0.15) is 6.10 Å². The lowest BCUT2D eigenvalue weighted by molar-refractivity contribution is 0.184. The molecule has 2 aromatic heterocycles. The van der Waals surface area contributed by atoms with Gasteiger partial charge in [-0.1, -0.05) is 23.7 Å². The monoisotopic (exact) mass is 531 g/mol. The van der Waals surface area contributed by atoms with E-state index >= 15 is 0 Å². The average Bonchev–Trinajstić information content (AvgIpc) is 3.36. The van der Waals surface area contributed by atoms with Crippen LogP contribution in [0.3, 0.4) is 0 Å². The van der Waals surface area contributed by atoms with Crippen LogP contribution in [0.1, 0.15) is 23.5 Å². The first kappa shape index (κ1) is 22.7. The van der Waals surface area contributed by atoms with Crippen LogP contribution in [-0.2, 0) is 6.54 Å². The zero-order valence-electron chi connectivity index (χ0n) is 15.4. The van der Waals surface area contributed by atoms with Crippen molar-refractivity contribution >= 4 is 52.9 Å². The standard InChI is InChI=1S/C19H22ClN5OS.HI/c1-2-21-19(23-13-16(26)17-8-9-18(20)27-17)22-12-14-4-6-15(7-5-14)25-11-3-10-24-25;/h3-11,16,26H,2,12-13H2,1H3,(H2,21,22,23);1H. The van der Waals surface area contributed by atoms with Crippen molar-refractivity contribution < 1.29 is 5.11 Å². The van der Waals surface area contributed by atoms with Crippen LogP contribution in [-0.4, -0.2) is 33.9 Å². The predicted octanol–water partition coefficient (Wildman–Crippen LogP) is 3.99. The molecule has 1 atom stereocenters. The summed E-state index contributed by atoms with van der Waals surface area (Å²) in [5, 5.41) is 20.8. The number of rotatable bonds is 7. The van der Waals surface area contributed by atoms with Gasteiger partial charge in [0.2, 0.25) is 0 Å². The van der Waals surface area contributed by atoms with Gasteiger partial charge in [-0.05, 0) is 42.8 Å². The van der Waals surface area contributed by atoms with E-state index in [9.17, 15) is 5.11 Å². The highest BCUT2D eigenvalue weighted by molar-refractivity contribution is 14.0. The SMILES string of the molecule is CCNC(=NCc1ccc(-n2cccn2)cc1)NCC(O)c1ccc(Cl)s1.I. The van der Waals surface area contributed by atoms with E-state index in [0.29, 0.717) is 23.4 Å². The summed E-state index contributed by atoms with van der Waals surface area (Å²) in [6.45, 7) is 3.65. The van der Waals surface area contributed by atoms with Gasteiger partial charge in [0, 0.05) is 30.4 Å². The Hall–Kier alpha value is -1.62. The quantitative estimate of drug-likeness (QED) is 0.245. The maximum absolute atomic E-state index is 10.3. The van der Waals surface area contributed by atoms with E-state index in [-0.39, 0.29) is 24.0 Å². The molecule has 28 heavy (non-hydrogen) atoms. The molecule has 0 bridgehead atoms. The van der Waals surface area contributed by atoms with Gasteiger partial charge in [-0.3, -0.25) is 0 Å². The zero-order chi connectivity index (χ0) is 19.1. The Bertz CT molecular complexity index is 867. The molecule has 2 heterocycles. The minimum atomic E-state index is -0.625. The van der Waals surface area contributed by atoms with Gasteiger partial charge in [0.25, 0.3) is 0 Å². The van der Waals surface area contributed by atoms with Crippen molar-refractivity contribution in [3.05, 3.63) is 69.6 Å². The normalized spacial score (nSPS) is 12.3. The summed E-state index contributed by atoms with van der Waals surface area (Å²) >= 11 is 7.30. The molecule has 3 aromatic rings. The highest BCUT2D eigenvalue weighted by Crippen LogP contribution is 2.26. The lowest BCUT2D eigenvalue weighted by atomic mass is 10.2. The molecule has 0 aliphatic heterocycles. The molecule has 0 fully saturated rings. The fourth-order valence-electron chi connectivity index (χ4n) is 2.49. The lowest BCUT2D eigenvalue weighted by Gasteiger charge is -2.14. The first-order valence-electron chi connectivity index (χ1n) is 8.70. The van der Waals surface area contributed by atoms with Crippen molar-refractivity contribution in [3.63, 3.8) is 0 Å². The molecular formula is C19H23ClIN5OS. The second kappa shape index (κ2) is 11.4. The Kier molecular flexibility index (Phi) is 9.23. The van der Waals surface area contributed by atoms with E-state index in [1.807, 2.05) is 54.2 Å². The van der Waals surface area contributed by atoms with E-state index in [1.54, 1.807) is 12.3 Å². The summed E-state index contributed by atoms with van der Waals surface area (Å²) in [6, 6.07) is 13.6. The summed E-state index contributed by atoms with van der Waals surface area (Å²) in [4.78, 5) is 5.42. The largest absolute Gasteiger partial charge is 0.386 e. The van der Waals surface area contributed by atoms with Gasteiger partial charge in [0.15, 0.2) is 5.96 Å². The third-order valence-corrected chi connectivity index (χ3v) is 5.19. The summed E-state index contributed by atoms with van der Waals surface area (Å²) in [6.07, 6.45) is 3.04. The molecule has 0 amide bonds. The number of nitrogens with one attached hydrogen (secondary N) is 2. The first-order chi connectivity index (χ1) is 13.2. The first-order valence-corrected chi connectivity index (χ1v) is 9.89. The molecule has 0 saturated carbocycles. The number of hydrogen-bond donors (Lipinski definition) is 3. The predicted molar refractivity (Wildman–Crippen MR) is 126 cm³/mol. The second-order valence-electron chi connectivity index (χ2n) is 5.85. The minimum Gasteiger partial charge on any atom is -0.386 e. The van der Waals surface area contributed by atoms with Crippen molar-refractivity contribution in [2.24, 2.45) is 4.99 Å². The van der Waals surface area contributed by atoms with Crippen LogP contribution in [0.25, 0.3) is 5.69 Å². The van der Waals surface area contributed by atoms with E-state index in [2.05, 4.69) is 20.7 Å². The molecule has 3 N–H and O–H groups in total. The molecule has 150 valence electrons. The average molecular weight is 532 g/mol. The minimum absolute atomic E-state index is 0. The molecule has 0 aliphatic carbocycles. The van der Waals surface area contributed by atoms with Crippen LogP contribution in [0.5, 0.6) is 0 Å². The summed E-state index contributed by atoms with van der Waals surface area (Å²) < 4.78 is 2.49. The fraction of sp³-hybridized carbons (Fsp3) is 0.263. The highest BCUT2D eigenvalue weighted by Gasteiger charge is 2.11. The Balaban J connectivity index is 0.00000280. The third kappa shape index (κ3) is 6.47. The highest BCUT2D eigenvalue weighted by atomic mass is 127. The van der Waals surface area contributed by atoms with Crippen molar-refractivity contribution in [1.29, 1.82) is 0 Å². The van der Waals surface area contributed by atoms with Crippen molar-refractivity contribution in [3.8, 4) is 5.69 Å². The molecule has 0 radical (unpaired) electrons. The van der Waals surface area contributed by atoms with Crippen molar-refractivity contribution in [2.75, 3.05) is 13.1 Å². The van der Waals surface area contributed by atoms with E-state index in [4.69, 9.17) is 11.6 Å². The lowest BCUT2D eigenvalue weighted by Crippen LogP contribution is -2.39. The van der Waals surface area contributed by atoms with Gasteiger partial charge >= 0.3 is 0 Å². The third-order valence-electron chi connectivity index (χ3n) is 3.85. The molecular weight excluding hydrogens is 509 g/mol. The number of nitrogens with zero attached hydrogens (tertiary/aromatic N) is 3. The number of guanidine groups is 1. The van der Waals surface area contributed by atoms with Gasteiger partial charge in [-0.15, -0.1) is 35.3 Å². The Morgan fingerprint density at radius 3 is 2.64 bits per heavy atom. The maximum atomic E-state index is 10.3. The molecule has 6 nitrogen and oxygen atoms in total. The molecule has 0 spiro atoms. The van der Waals surface area contributed by atoms with Crippen LogP contribution < -0.4 is 10.6 Å². The van der Waals surface area contributed by atoms with Crippen LogP contribution in [0.2, 0.25) is 4.34 Å². The number of aromatic nitrogens is 2.